The van der Waals surface area contributed by atoms with Crippen molar-refractivity contribution in [2.75, 3.05) is 0 Å². The van der Waals surface area contributed by atoms with Gasteiger partial charge in [-0.2, -0.15) is 35.6 Å². The van der Waals surface area contributed by atoms with Gasteiger partial charge in [0.2, 0.25) is 0 Å². The van der Waals surface area contributed by atoms with Gasteiger partial charge >= 0.3 is 27.7 Å². The molecule has 0 radical (unpaired) electrons. The molecule has 2 nitrogen and oxygen atoms in total. The maximum atomic E-state index is 8.27. The molecule has 40 heavy (non-hydrogen) atoms. The summed E-state index contributed by atoms with van der Waals surface area (Å²) in [5.41, 5.74) is 6.63. The Morgan fingerprint density at radius 3 is 1.95 bits per heavy atom. The molecule has 0 saturated heterocycles. The third-order valence-electron chi connectivity index (χ3n) is 7.83. The van der Waals surface area contributed by atoms with Crippen molar-refractivity contribution in [3.63, 3.8) is 0 Å². The van der Waals surface area contributed by atoms with Crippen molar-refractivity contribution in [3.8, 4) is 22.9 Å². The second-order valence-corrected chi connectivity index (χ2v) is 13.8. The molecule has 0 atom stereocenters. The van der Waals surface area contributed by atoms with E-state index < -0.39 is 0 Å². The van der Waals surface area contributed by atoms with E-state index in [1.54, 1.807) is 29.6 Å². The van der Waals surface area contributed by atoms with Gasteiger partial charge in [-0.3, -0.25) is 0 Å². The van der Waals surface area contributed by atoms with Crippen LogP contribution in [0.4, 0.5) is 0 Å². The molecule has 216 valence electrons. The Labute approximate surface area is 259 Å². The predicted octanol–water partition coefficient (Wildman–Crippen LogP) is 10.3. The van der Waals surface area contributed by atoms with E-state index in [2.05, 4.69) is 97.0 Å². The van der Waals surface area contributed by atoms with Crippen molar-refractivity contribution in [3.05, 3.63) is 83.9 Å². The Hall–Kier alpha value is -1.67. The molecule has 5 heteroatoms. The molecule has 2 aliphatic rings. The number of rotatable bonds is 6. The van der Waals surface area contributed by atoms with E-state index in [9.17, 15) is 0 Å². The first-order chi connectivity index (χ1) is 19.6. The number of nitriles is 1. The van der Waals surface area contributed by atoms with Gasteiger partial charge in [-0.15, -0.1) is 0 Å². The van der Waals surface area contributed by atoms with Gasteiger partial charge in [0.15, 0.2) is 0 Å². The van der Waals surface area contributed by atoms with Crippen LogP contribution in [0.25, 0.3) is 11.1 Å². The number of hydrogen-bond acceptors (Lipinski definition) is 2. The van der Waals surface area contributed by atoms with Crippen molar-refractivity contribution in [1.82, 2.24) is 0 Å². The zero-order valence-corrected chi connectivity index (χ0v) is 27.4. The quantitative estimate of drug-likeness (QED) is 0.149. The molecule has 3 aromatic carbocycles. The van der Waals surface area contributed by atoms with Crippen molar-refractivity contribution in [2.45, 2.75) is 102 Å². The molecule has 0 heterocycles. The summed E-state index contributed by atoms with van der Waals surface area (Å²) in [6.45, 7) is 6.52. The first-order valence-corrected chi connectivity index (χ1v) is 18.2. The summed E-state index contributed by atoms with van der Waals surface area (Å²) in [6.07, 6.45) is 14.6. The third-order valence-corrected chi connectivity index (χ3v) is 11.4. The van der Waals surface area contributed by atoms with E-state index in [0.717, 1.165) is 17.1 Å². The van der Waals surface area contributed by atoms with Crippen LogP contribution in [0.15, 0.2) is 66.7 Å². The van der Waals surface area contributed by atoms with Crippen LogP contribution in [-0.4, -0.2) is 17.4 Å². The molecule has 0 amide bonds. The van der Waals surface area contributed by atoms with E-state index in [1.807, 2.05) is 6.07 Å². The Kier molecular flexibility index (Phi) is 14.8. The van der Waals surface area contributed by atoms with Gasteiger partial charge in [-0.1, -0.05) is 88.4 Å². The van der Waals surface area contributed by atoms with Crippen LogP contribution in [-0.2, 0) is 18.2 Å². The zero-order chi connectivity index (χ0) is 28.7. The van der Waals surface area contributed by atoms with E-state index in [-0.39, 0.29) is 14.0 Å². The van der Waals surface area contributed by atoms with Crippen LogP contribution in [0.1, 0.15) is 89.2 Å². The fourth-order valence-electron chi connectivity index (χ4n) is 6.12. The van der Waals surface area contributed by atoms with Gasteiger partial charge in [0.25, 0.3) is 0 Å². The number of hydrogen-bond donors (Lipinski definition) is 0. The molecule has 0 aliphatic heterocycles. The fourth-order valence-corrected chi connectivity index (χ4v) is 10.1. The van der Waals surface area contributed by atoms with Crippen LogP contribution in [0.2, 0.25) is 0 Å². The maximum absolute atomic E-state index is 8.27. The molecule has 0 N–H and O–H groups in total. The van der Waals surface area contributed by atoms with Gasteiger partial charge in [0.1, 0.15) is 5.75 Å². The number of ether oxygens (including phenoxy) is 1. The normalized spacial score (nSPS) is 15.9. The molecule has 0 aromatic heterocycles. The molecule has 2 fully saturated rings. The Morgan fingerprint density at radius 1 is 0.850 bits per heavy atom. The van der Waals surface area contributed by atoms with Crippen molar-refractivity contribution in [2.24, 2.45) is 0 Å². The monoisotopic (exact) mass is 665 g/mol. The molecule has 2 aliphatic carbocycles. The molecule has 2 saturated carbocycles. The minimum absolute atomic E-state index is 0.137. The van der Waals surface area contributed by atoms with E-state index in [1.165, 1.54) is 80.9 Å². The molecule has 5 rings (SSSR count). The van der Waals surface area contributed by atoms with E-state index in [0.29, 0.717) is 5.56 Å². The second kappa shape index (κ2) is 18.0. The Balaban J connectivity index is 0.000000376. The number of nitrogens with zero attached hydrogens (tertiary/aromatic N) is 1. The third kappa shape index (κ3) is 9.44. The summed E-state index contributed by atoms with van der Waals surface area (Å²) in [6, 6.07) is 27.7. The van der Waals surface area contributed by atoms with Gasteiger partial charge in [0.05, 0.1) is 12.2 Å². The topological polar surface area (TPSA) is 33.0 Å². The van der Waals surface area contributed by atoms with Gasteiger partial charge in [0, 0.05) is 5.56 Å². The fraction of sp³-hybridized carbons (Fsp3) is 0.457. The van der Waals surface area contributed by atoms with Crippen LogP contribution in [0.5, 0.6) is 5.75 Å². The summed E-state index contributed by atoms with van der Waals surface area (Å²) >= 11 is 2.22. The molecule has 0 unspecified atom stereocenters. The second-order valence-electron chi connectivity index (χ2n) is 11.0. The average molecular weight is 667 g/mol. The Bertz CT molecular complexity index is 1170. The molecule has 0 spiro atoms. The zero-order valence-electron chi connectivity index (χ0n) is 24.2. The summed E-state index contributed by atoms with van der Waals surface area (Å²) in [4.78, 5) is 0. The average Bonchev–Trinajstić information content (AvgIpc) is 3.00. The summed E-state index contributed by atoms with van der Waals surface area (Å²) in [5, 5.41) is 9.94. The minimum atomic E-state index is -0.137. The molecular weight excluding hydrogens is 623 g/mol. The van der Waals surface area contributed by atoms with Crippen molar-refractivity contribution >= 4 is 22.8 Å². The van der Waals surface area contributed by atoms with Crippen molar-refractivity contribution in [1.29, 1.82) is 5.26 Å². The number of halogens is 1. The predicted molar refractivity (Wildman–Crippen MR) is 169 cm³/mol. The Morgan fingerprint density at radius 2 is 1.43 bits per heavy atom. The van der Waals surface area contributed by atoms with Gasteiger partial charge in [-0.05, 0) is 80.3 Å². The van der Waals surface area contributed by atoms with E-state index in [4.69, 9.17) is 10.00 Å². The number of benzene rings is 3. The summed E-state index contributed by atoms with van der Waals surface area (Å²) in [7, 11) is 4.35. The molecular formula is C35H43ClNOPPd. The van der Waals surface area contributed by atoms with Crippen LogP contribution in [0.3, 0.4) is 0 Å². The van der Waals surface area contributed by atoms with Gasteiger partial charge < -0.3 is 4.74 Å². The van der Waals surface area contributed by atoms with Crippen LogP contribution >= 0.6 is 17.5 Å². The molecule has 0 bridgehead atoms. The van der Waals surface area contributed by atoms with Gasteiger partial charge in [-0.25, -0.2) is 0 Å². The first-order valence-electron chi connectivity index (χ1n) is 14.7. The summed E-state index contributed by atoms with van der Waals surface area (Å²) < 4.78 is 6.31. The van der Waals surface area contributed by atoms with Crippen molar-refractivity contribution < 1.29 is 22.9 Å². The van der Waals surface area contributed by atoms with Crippen LogP contribution < -0.4 is 10.0 Å². The van der Waals surface area contributed by atoms with E-state index >= 15 is 0 Å². The summed E-state index contributed by atoms with van der Waals surface area (Å²) in [5.74, 6) is 1.06. The van der Waals surface area contributed by atoms with Crippen LogP contribution in [0, 0.1) is 24.3 Å². The SMILES string of the molecule is Cc1cccc(OC(C)C)c1-c1ccccc1P(C1CCCCC1)C1CCCCC1.N#Cc1cc[c-]cc1.[Cl][Pd+]. The number of aryl methyl sites for hydroxylation is 1. The first kappa shape index (κ1) is 32.8. The standard InChI is InChI=1S/C28H39OP.C7H4N.ClH.Pd/c1-21(2)29-26-19-12-13-22(3)28(26)25-18-10-11-20-27(25)30(23-14-6-4-7-15-23)24-16-8-5-9-17-24;8-6-7-4-2-1-3-5-7;;/h10-13,18-21,23-24H,4-9,14-17H2,1-3H3;2-5H;1H;/q;-1;;+2/p-1. The molecule has 3 aromatic rings.